The molecule has 0 aliphatic carbocycles. The van der Waals surface area contributed by atoms with Gasteiger partial charge < -0.3 is 14.5 Å². The van der Waals surface area contributed by atoms with E-state index in [0.29, 0.717) is 17.7 Å². The van der Waals surface area contributed by atoms with Crippen LogP contribution in [0, 0.1) is 6.92 Å². The summed E-state index contributed by atoms with van der Waals surface area (Å²) < 4.78 is 10.1. The van der Waals surface area contributed by atoms with Crippen LogP contribution in [0.5, 0.6) is 0 Å². The predicted octanol–water partition coefficient (Wildman–Crippen LogP) is 1.02. The first-order chi connectivity index (χ1) is 7.66. The van der Waals surface area contributed by atoms with Crippen molar-refractivity contribution in [1.82, 2.24) is 5.32 Å². The first-order valence-corrected chi connectivity index (χ1v) is 5.17. The van der Waals surface area contributed by atoms with E-state index in [0.717, 1.165) is 6.42 Å². The Bertz CT molecular complexity index is 410. The minimum Gasteiger partial charge on any atom is -0.469 e. The number of esters is 1. The van der Waals surface area contributed by atoms with E-state index in [2.05, 4.69) is 5.32 Å². The van der Waals surface area contributed by atoms with Gasteiger partial charge in [-0.25, -0.2) is 4.79 Å². The monoisotopic (exact) mass is 223 g/mol. The van der Waals surface area contributed by atoms with Crippen LogP contribution in [0.4, 0.5) is 0 Å². The van der Waals surface area contributed by atoms with Crippen molar-refractivity contribution in [3.63, 3.8) is 0 Å². The van der Waals surface area contributed by atoms with Crippen molar-refractivity contribution in [2.45, 2.75) is 25.8 Å². The van der Waals surface area contributed by atoms with Gasteiger partial charge in [-0.3, -0.25) is 4.79 Å². The van der Waals surface area contributed by atoms with Gasteiger partial charge in [-0.1, -0.05) is 0 Å². The number of carbonyl (C=O) groups is 2. The van der Waals surface area contributed by atoms with Crippen LogP contribution in [0.3, 0.4) is 0 Å². The lowest BCUT2D eigenvalue weighted by Gasteiger charge is -2.10. The van der Waals surface area contributed by atoms with Crippen LogP contribution in [0.1, 0.15) is 29.0 Å². The molecule has 0 saturated carbocycles. The normalized spacial score (nSPS) is 19.6. The van der Waals surface area contributed by atoms with Crippen LogP contribution < -0.4 is 5.32 Å². The lowest BCUT2D eigenvalue weighted by atomic mass is 10.2. The summed E-state index contributed by atoms with van der Waals surface area (Å²) in [5.41, 5.74) is 0.435. The summed E-state index contributed by atoms with van der Waals surface area (Å²) in [6.45, 7) is 1.92. The maximum atomic E-state index is 11.6. The molecule has 1 atom stereocenters. The Morgan fingerprint density at radius 1 is 1.69 bits per heavy atom. The molecule has 0 spiro atoms. The minimum absolute atomic E-state index is 0.0144. The molecule has 0 bridgehead atoms. The van der Waals surface area contributed by atoms with Crippen LogP contribution in [0.25, 0.3) is 0 Å². The standard InChI is InChI=1S/C11H13NO4/c1-7-9(4-5-15-7)11(14)16-6-8-2-3-10(13)12-8/h4-5,8H,2-3,6H2,1H3,(H,12,13). The molecule has 1 aromatic rings. The summed E-state index contributed by atoms with van der Waals surface area (Å²) in [4.78, 5) is 22.5. The third-order valence-corrected chi connectivity index (χ3v) is 2.58. The van der Waals surface area contributed by atoms with Crippen LogP contribution >= 0.6 is 0 Å². The quantitative estimate of drug-likeness (QED) is 0.777. The highest BCUT2D eigenvalue weighted by atomic mass is 16.5. The summed E-state index contributed by atoms with van der Waals surface area (Å²) in [5, 5.41) is 2.73. The summed E-state index contributed by atoms with van der Waals surface area (Å²) in [6.07, 6.45) is 2.67. The van der Waals surface area contributed by atoms with Crippen molar-refractivity contribution in [1.29, 1.82) is 0 Å². The highest BCUT2D eigenvalue weighted by Gasteiger charge is 2.22. The van der Waals surface area contributed by atoms with E-state index < -0.39 is 5.97 Å². The first kappa shape index (κ1) is 10.7. The van der Waals surface area contributed by atoms with Gasteiger partial charge in [0.1, 0.15) is 17.9 Å². The first-order valence-electron chi connectivity index (χ1n) is 5.17. The van der Waals surface area contributed by atoms with Gasteiger partial charge in [-0.2, -0.15) is 0 Å². The highest BCUT2D eigenvalue weighted by molar-refractivity contribution is 5.90. The van der Waals surface area contributed by atoms with Gasteiger partial charge >= 0.3 is 5.97 Å². The fourth-order valence-electron chi connectivity index (χ4n) is 1.65. The number of furan rings is 1. The maximum absolute atomic E-state index is 11.6. The zero-order valence-electron chi connectivity index (χ0n) is 8.99. The Morgan fingerprint density at radius 2 is 2.50 bits per heavy atom. The SMILES string of the molecule is Cc1occc1C(=O)OCC1CCC(=O)N1. The second-order valence-electron chi connectivity index (χ2n) is 3.79. The number of amides is 1. The van der Waals surface area contributed by atoms with Crippen LogP contribution in [0.2, 0.25) is 0 Å². The van der Waals surface area contributed by atoms with Gasteiger partial charge in [0.25, 0.3) is 0 Å². The van der Waals surface area contributed by atoms with E-state index in [1.165, 1.54) is 6.26 Å². The van der Waals surface area contributed by atoms with Gasteiger partial charge in [0.2, 0.25) is 5.91 Å². The van der Waals surface area contributed by atoms with Crippen molar-refractivity contribution in [3.8, 4) is 0 Å². The number of carbonyl (C=O) groups excluding carboxylic acids is 2. The number of aryl methyl sites for hydroxylation is 1. The second-order valence-corrected chi connectivity index (χ2v) is 3.79. The van der Waals surface area contributed by atoms with Crippen molar-refractivity contribution >= 4 is 11.9 Å². The molecule has 1 N–H and O–H groups in total. The van der Waals surface area contributed by atoms with E-state index in [4.69, 9.17) is 9.15 Å². The topological polar surface area (TPSA) is 68.5 Å². The van der Waals surface area contributed by atoms with Gasteiger partial charge in [0, 0.05) is 6.42 Å². The summed E-state index contributed by atoms with van der Waals surface area (Å²) >= 11 is 0. The Morgan fingerprint density at radius 3 is 3.06 bits per heavy atom. The largest absolute Gasteiger partial charge is 0.469 e. The molecule has 86 valence electrons. The zero-order valence-corrected chi connectivity index (χ0v) is 8.99. The molecule has 16 heavy (non-hydrogen) atoms. The molecule has 0 radical (unpaired) electrons. The predicted molar refractivity (Wildman–Crippen MR) is 54.9 cm³/mol. The third-order valence-electron chi connectivity index (χ3n) is 2.58. The molecule has 1 fully saturated rings. The van der Waals surface area contributed by atoms with E-state index in [9.17, 15) is 9.59 Å². The lowest BCUT2D eigenvalue weighted by molar-refractivity contribution is -0.119. The van der Waals surface area contributed by atoms with Gasteiger partial charge in [0.05, 0.1) is 12.3 Å². The zero-order chi connectivity index (χ0) is 11.5. The number of rotatable bonds is 3. The van der Waals surface area contributed by atoms with E-state index in [1.807, 2.05) is 0 Å². The molecule has 1 aliphatic rings. The molecule has 2 rings (SSSR count). The fraction of sp³-hybridized carbons (Fsp3) is 0.455. The van der Waals surface area contributed by atoms with Gasteiger partial charge in [0.15, 0.2) is 0 Å². The van der Waals surface area contributed by atoms with Crippen LogP contribution in [-0.2, 0) is 9.53 Å². The smallest absolute Gasteiger partial charge is 0.341 e. The molecule has 1 amide bonds. The summed E-state index contributed by atoms with van der Waals surface area (Å²) in [7, 11) is 0. The summed E-state index contributed by atoms with van der Waals surface area (Å²) in [6, 6.07) is 1.52. The van der Waals surface area contributed by atoms with Crippen LogP contribution in [0.15, 0.2) is 16.7 Å². The highest BCUT2D eigenvalue weighted by Crippen LogP contribution is 2.12. The molecule has 0 aromatic carbocycles. The number of hydrogen-bond donors (Lipinski definition) is 1. The van der Waals surface area contributed by atoms with Crippen molar-refractivity contribution in [3.05, 3.63) is 23.7 Å². The summed E-state index contributed by atoms with van der Waals surface area (Å²) in [5.74, 6) is 0.147. The van der Waals surface area contributed by atoms with Crippen molar-refractivity contribution in [2.75, 3.05) is 6.61 Å². The van der Waals surface area contributed by atoms with E-state index >= 15 is 0 Å². The number of ether oxygens (including phenoxy) is 1. The molecular weight excluding hydrogens is 210 g/mol. The van der Waals surface area contributed by atoms with E-state index in [1.54, 1.807) is 13.0 Å². The molecule has 2 heterocycles. The lowest BCUT2D eigenvalue weighted by Crippen LogP contribution is -2.30. The molecule has 5 heteroatoms. The third kappa shape index (κ3) is 2.24. The Labute approximate surface area is 92.8 Å². The number of hydrogen-bond acceptors (Lipinski definition) is 4. The van der Waals surface area contributed by atoms with Crippen molar-refractivity contribution in [2.24, 2.45) is 0 Å². The average molecular weight is 223 g/mol. The second kappa shape index (κ2) is 4.38. The molecule has 1 unspecified atom stereocenters. The van der Waals surface area contributed by atoms with Crippen molar-refractivity contribution < 1.29 is 18.7 Å². The minimum atomic E-state index is -0.410. The Hall–Kier alpha value is -1.78. The van der Waals surface area contributed by atoms with Gasteiger partial charge in [-0.05, 0) is 19.4 Å². The fourth-order valence-corrected chi connectivity index (χ4v) is 1.65. The Balaban J connectivity index is 1.85. The van der Waals surface area contributed by atoms with Gasteiger partial charge in [-0.15, -0.1) is 0 Å². The molecular formula is C11H13NO4. The molecule has 1 aromatic heterocycles. The number of nitrogens with one attached hydrogen (secondary N) is 1. The molecule has 1 saturated heterocycles. The Kier molecular flexibility index (Phi) is 2.94. The maximum Gasteiger partial charge on any atom is 0.341 e. The average Bonchev–Trinajstić information content (AvgIpc) is 2.84. The molecule has 1 aliphatic heterocycles. The van der Waals surface area contributed by atoms with Crippen LogP contribution in [-0.4, -0.2) is 24.5 Å². The molecule has 5 nitrogen and oxygen atoms in total. The van der Waals surface area contributed by atoms with E-state index in [-0.39, 0.29) is 18.6 Å².